The molecule has 0 saturated carbocycles. The summed E-state index contributed by atoms with van der Waals surface area (Å²) >= 11 is 0. The molecule has 0 aliphatic rings. The molecule has 0 bridgehead atoms. The molecule has 0 spiro atoms. The molecule has 10 N–H and O–H groups in total. The van der Waals surface area contributed by atoms with Crippen molar-refractivity contribution in [2.75, 3.05) is 11.5 Å². The van der Waals surface area contributed by atoms with Crippen LogP contribution >= 0.6 is 7.82 Å². The van der Waals surface area contributed by atoms with Gasteiger partial charge in [-0.05, 0) is 6.07 Å². The van der Waals surface area contributed by atoms with Crippen molar-refractivity contribution in [3.8, 4) is 0 Å². The van der Waals surface area contributed by atoms with E-state index < -0.39 is 13.5 Å². The van der Waals surface area contributed by atoms with Crippen LogP contribution in [0.3, 0.4) is 0 Å². The minimum absolute atomic E-state index is 0.0783. The molecule has 0 amide bonds. The van der Waals surface area contributed by atoms with Crippen molar-refractivity contribution in [1.82, 2.24) is 29.9 Å². The lowest BCUT2D eigenvalue weighted by Gasteiger charge is -1.89. The van der Waals surface area contributed by atoms with Gasteiger partial charge in [-0.25, -0.2) is 14.3 Å². The molecule has 3 heterocycles. The number of nitrogens with one attached hydrogen (secondary N) is 3. The Morgan fingerprint density at radius 3 is 2.21 bits per heavy atom. The number of H-pyrrole nitrogens is 3. The van der Waals surface area contributed by atoms with Crippen molar-refractivity contribution < 1.29 is 19.2 Å². The van der Waals surface area contributed by atoms with Gasteiger partial charge in [0.15, 0.2) is 11.2 Å². The fraction of sp³-hybridized carbons (Fsp3) is 0. The van der Waals surface area contributed by atoms with Gasteiger partial charge in [-0.15, -0.1) is 0 Å². The van der Waals surface area contributed by atoms with Crippen LogP contribution in [0.4, 0.5) is 11.8 Å². The highest BCUT2D eigenvalue weighted by Gasteiger charge is 2.01. The van der Waals surface area contributed by atoms with Gasteiger partial charge in [0.1, 0.15) is 5.82 Å². The van der Waals surface area contributed by atoms with Crippen LogP contribution in [-0.4, -0.2) is 44.6 Å². The summed E-state index contributed by atoms with van der Waals surface area (Å²) in [7, 11) is -4.64. The number of rotatable bonds is 0. The zero-order valence-corrected chi connectivity index (χ0v) is 12.6. The largest absolute Gasteiger partial charge is 0.466 e. The molecule has 0 atom stereocenters. The lowest BCUT2D eigenvalue weighted by atomic mass is 10.5. The maximum atomic E-state index is 11.0. The molecule has 24 heavy (non-hydrogen) atoms. The number of imidazole rings is 1. The summed E-state index contributed by atoms with van der Waals surface area (Å²) in [6, 6.07) is 1.52. The summed E-state index contributed by atoms with van der Waals surface area (Å²) in [5.74, 6) is 0.323. The van der Waals surface area contributed by atoms with Gasteiger partial charge in [0, 0.05) is 6.20 Å². The predicted molar refractivity (Wildman–Crippen MR) is 82.5 cm³/mol. The van der Waals surface area contributed by atoms with E-state index in [1.54, 1.807) is 0 Å². The van der Waals surface area contributed by atoms with Gasteiger partial charge in [0.05, 0.1) is 6.33 Å². The van der Waals surface area contributed by atoms with E-state index in [4.69, 9.17) is 30.7 Å². The smallest absolute Gasteiger partial charge is 0.383 e. The van der Waals surface area contributed by atoms with Gasteiger partial charge in [-0.1, -0.05) is 0 Å². The maximum absolute atomic E-state index is 11.0. The molecule has 0 saturated heterocycles. The number of phosphoric acid groups is 1. The van der Waals surface area contributed by atoms with E-state index in [1.807, 2.05) is 0 Å². The van der Waals surface area contributed by atoms with Crippen molar-refractivity contribution in [3.63, 3.8) is 0 Å². The number of fused-ring (bicyclic) bond motifs is 1. The Balaban J connectivity index is 0.000000196. The normalized spacial score (nSPS) is 10.3. The first-order chi connectivity index (χ1) is 11.1. The molecule has 0 fully saturated rings. The number of nitrogens with zero attached hydrogens (tertiary/aromatic N) is 3. The van der Waals surface area contributed by atoms with Gasteiger partial charge in [-0.3, -0.25) is 9.78 Å². The summed E-state index contributed by atoms with van der Waals surface area (Å²) in [5, 5.41) is 0. The molecular formula is C9H13N8O6P. The van der Waals surface area contributed by atoms with Crippen LogP contribution in [0.1, 0.15) is 0 Å². The molecule has 0 aromatic carbocycles. The van der Waals surface area contributed by atoms with E-state index in [-0.39, 0.29) is 17.3 Å². The van der Waals surface area contributed by atoms with Crippen molar-refractivity contribution in [2.24, 2.45) is 0 Å². The third-order valence-corrected chi connectivity index (χ3v) is 2.01. The van der Waals surface area contributed by atoms with Crippen LogP contribution in [0.15, 0.2) is 28.2 Å². The van der Waals surface area contributed by atoms with Gasteiger partial charge in [0.25, 0.3) is 5.56 Å². The van der Waals surface area contributed by atoms with E-state index in [2.05, 4.69) is 29.9 Å². The summed E-state index contributed by atoms with van der Waals surface area (Å²) in [6.07, 6.45) is 2.84. The molecule has 3 aromatic heterocycles. The summed E-state index contributed by atoms with van der Waals surface area (Å²) < 4.78 is 8.88. The monoisotopic (exact) mass is 360 g/mol. The van der Waals surface area contributed by atoms with E-state index in [0.29, 0.717) is 11.2 Å². The van der Waals surface area contributed by atoms with Crippen molar-refractivity contribution in [2.45, 2.75) is 0 Å². The Bertz CT molecular complexity index is 950. The Kier molecular flexibility index (Phi) is 6.31. The quantitative estimate of drug-likeness (QED) is 0.197. The Labute approximate surface area is 131 Å². The molecule has 130 valence electrons. The molecule has 15 heteroatoms. The number of hydrogen-bond acceptors (Lipinski definition) is 8. The predicted octanol–water partition coefficient (Wildman–Crippen LogP) is -2.35. The SMILES string of the molecule is Nc1cc[nH]c(=O)n1.Nc1nc2nc[nH]c2c(=O)[nH]1.O=P(O)(O)O. The first-order valence-corrected chi connectivity index (χ1v) is 7.41. The van der Waals surface area contributed by atoms with Crippen LogP contribution in [-0.2, 0) is 4.57 Å². The fourth-order valence-corrected chi connectivity index (χ4v) is 1.24. The molecule has 0 aliphatic carbocycles. The summed E-state index contributed by atoms with van der Waals surface area (Å²) in [6.45, 7) is 0. The van der Waals surface area contributed by atoms with Crippen LogP contribution in [0.25, 0.3) is 11.2 Å². The van der Waals surface area contributed by atoms with Crippen molar-refractivity contribution in [1.29, 1.82) is 0 Å². The second kappa shape index (κ2) is 7.98. The second-order valence-corrected chi connectivity index (χ2v) is 4.91. The topological polar surface area (TPSA) is 250 Å². The number of hydrogen-bond donors (Lipinski definition) is 8. The van der Waals surface area contributed by atoms with Crippen LogP contribution in [0.2, 0.25) is 0 Å². The highest BCUT2D eigenvalue weighted by Crippen LogP contribution is 2.25. The first kappa shape index (κ1) is 19.0. The Morgan fingerprint density at radius 1 is 1.08 bits per heavy atom. The average molecular weight is 360 g/mol. The minimum atomic E-state index is -4.64. The van der Waals surface area contributed by atoms with E-state index >= 15 is 0 Å². The lowest BCUT2D eigenvalue weighted by Crippen LogP contribution is -2.10. The molecule has 3 aromatic rings. The number of nitrogens with two attached hydrogens (primary N) is 2. The van der Waals surface area contributed by atoms with Crippen LogP contribution < -0.4 is 22.7 Å². The minimum Gasteiger partial charge on any atom is -0.383 e. The zero-order valence-electron chi connectivity index (χ0n) is 11.7. The lowest BCUT2D eigenvalue weighted by molar-refractivity contribution is 0.275. The van der Waals surface area contributed by atoms with Crippen molar-refractivity contribution in [3.05, 3.63) is 39.4 Å². The van der Waals surface area contributed by atoms with E-state index in [0.717, 1.165) is 0 Å². The number of nitrogen functional groups attached to an aromatic ring is 2. The van der Waals surface area contributed by atoms with E-state index in [9.17, 15) is 9.59 Å². The second-order valence-electron chi connectivity index (χ2n) is 3.89. The van der Waals surface area contributed by atoms with Gasteiger partial charge >= 0.3 is 13.5 Å². The summed E-state index contributed by atoms with van der Waals surface area (Å²) in [5.41, 5.74) is 10.4. The average Bonchev–Trinajstić information content (AvgIpc) is 2.85. The van der Waals surface area contributed by atoms with Crippen LogP contribution in [0, 0.1) is 0 Å². The highest BCUT2D eigenvalue weighted by atomic mass is 31.2. The number of aromatic nitrogens is 6. The molecule has 0 aliphatic heterocycles. The molecule has 0 unspecified atom stereocenters. The standard InChI is InChI=1S/C5H5N5O.C4H5N3O.H3O4P/c6-5-9-3-2(4(11)10-5)7-1-8-3;5-3-1-2-6-4(8)7-3;1-5(2,3)4/h1H,(H4,6,7,8,9,10,11);1-2H,(H3,5,6,7,8);(H3,1,2,3,4). The third-order valence-electron chi connectivity index (χ3n) is 2.01. The third kappa shape index (κ3) is 7.28. The van der Waals surface area contributed by atoms with Crippen molar-refractivity contribution >= 4 is 30.8 Å². The highest BCUT2D eigenvalue weighted by molar-refractivity contribution is 7.45. The summed E-state index contributed by atoms with van der Waals surface area (Å²) in [4.78, 5) is 61.0. The van der Waals surface area contributed by atoms with Gasteiger partial charge in [-0.2, -0.15) is 9.97 Å². The Hall–Kier alpha value is -3.06. The molecule has 3 rings (SSSR count). The maximum Gasteiger partial charge on any atom is 0.466 e. The number of aromatic amines is 3. The Morgan fingerprint density at radius 2 is 1.71 bits per heavy atom. The van der Waals surface area contributed by atoms with Gasteiger partial charge < -0.3 is 36.1 Å². The first-order valence-electron chi connectivity index (χ1n) is 5.84. The van der Waals surface area contributed by atoms with E-state index in [1.165, 1.54) is 18.6 Å². The van der Waals surface area contributed by atoms with Crippen LogP contribution in [0.5, 0.6) is 0 Å². The fourth-order valence-electron chi connectivity index (χ4n) is 1.24. The molecule has 14 nitrogen and oxygen atoms in total. The van der Waals surface area contributed by atoms with Gasteiger partial charge in [0.2, 0.25) is 5.95 Å². The zero-order chi connectivity index (χ0) is 18.3. The molecular weight excluding hydrogens is 347 g/mol. The number of anilines is 2. The molecule has 0 radical (unpaired) electrons.